The fourth-order valence-corrected chi connectivity index (χ4v) is 3.47. The summed E-state index contributed by atoms with van der Waals surface area (Å²) in [5.74, 6) is 1.62. The van der Waals surface area contributed by atoms with Gasteiger partial charge in [-0.3, -0.25) is 0 Å². The monoisotopic (exact) mass is 378 g/mol. The van der Waals surface area contributed by atoms with E-state index >= 15 is 0 Å². The second kappa shape index (κ2) is 7.72. The Hall–Kier alpha value is -3.35. The smallest absolute Gasteiger partial charge is 0.322 e. The number of nitrogens with zero attached hydrogens (tertiary/aromatic N) is 3. The number of hydrogen-bond donors (Lipinski definition) is 1. The minimum atomic E-state index is -0.235. The number of aryl methyl sites for hydroxylation is 1. The summed E-state index contributed by atoms with van der Waals surface area (Å²) in [6.07, 6.45) is 1.67. The molecule has 0 radical (unpaired) electrons. The second-order valence-electron chi connectivity index (χ2n) is 6.81. The predicted octanol–water partition coefficient (Wildman–Crippen LogP) is 4.42. The summed E-state index contributed by atoms with van der Waals surface area (Å²) < 4.78 is 10.8. The Morgan fingerprint density at radius 1 is 1.25 bits per heavy atom. The standard InChI is InChI=1S/C21H22N4O3/c1-14-7-5-8-15(13-14)19-23-20(28-24-19)17-10-6-12-25(17)21(26)22-16-9-3-4-11-18(16)27-2/h3-5,7-9,11,13,17H,6,10,12H2,1-2H3,(H,22,26)/t17-/m1/s1. The van der Waals surface area contributed by atoms with Crippen LogP contribution in [0.15, 0.2) is 53.1 Å². The first-order chi connectivity index (χ1) is 13.7. The van der Waals surface area contributed by atoms with Crippen molar-refractivity contribution in [3.8, 4) is 17.1 Å². The van der Waals surface area contributed by atoms with E-state index in [-0.39, 0.29) is 12.1 Å². The van der Waals surface area contributed by atoms with Crippen molar-refractivity contribution in [3.63, 3.8) is 0 Å². The van der Waals surface area contributed by atoms with Gasteiger partial charge in [-0.15, -0.1) is 0 Å². The maximum atomic E-state index is 12.9. The molecule has 0 unspecified atom stereocenters. The molecular weight excluding hydrogens is 356 g/mol. The van der Waals surface area contributed by atoms with Crippen LogP contribution >= 0.6 is 0 Å². The van der Waals surface area contributed by atoms with Crippen LogP contribution in [0.3, 0.4) is 0 Å². The molecule has 7 heteroatoms. The van der Waals surface area contributed by atoms with Crippen molar-refractivity contribution >= 4 is 11.7 Å². The number of urea groups is 1. The Balaban J connectivity index is 1.53. The largest absolute Gasteiger partial charge is 0.495 e. The fraction of sp³-hybridized carbons (Fsp3) is 0.286. The van der Waals surface area contributed by atoms with Crippen molar-refractivity contribution in [2.75, 3.05) is 19.0 Å². The highest BCUT2D eigenvalue weighted by atomic mass is 16.5. The molecule has 1 aliphatic rings. The van der Waals surface area contributed by atoms with Crippen molar-refractivity contribution < 1.29 is 14.1 Å². The van der Waals surface area contributed by atoms with Crippen LogP contribution < -0.4 is 10.1 Å². The molecule has 7 nitrogen and oxygen atoms in total. The number of likely N-dealkylation sites (tertiary alicyclic amines) is 1. The molecular formula is C21H22N4O3. The molecule has 1 aliphatic heterocycles. The van der Waals surface area contributed by atoms with E-state index < -0.39 is 0 Å². The van der Waals surface area contributed by atoms with E-state index in [0.717, 1.165) is 24.0 Å². The van der Waals surface area contributed by atoms with Gasteiger partial charge >= 0.3 is 6.03 Å². The molecule has 1 fully saturated rings. The Morgan fingerprint density at radius 3 is 2.93 bits per heavy atom. The molecule has 0 spiro atoms. The Kier molecular flexibility index (Phi) is 4.97. The van der Waals surface area contributed by atoms with Gasteiger partial charge in [0.05, 0.1) is 12.8 Å². The van der Waals surface area contributed by atoms with Crippen LogP contribution in [0.2, 0.25) is 0 Å². The quantitative estimate of drug-likeness (QED) is 0.727. The topological polar surface area (TPSA) is 80.5 Å². The highest BCUT2D eigenvalue weighted by Gasteiger charge is 2.34. The first-order valence-corrected chi connectivity index (χ1v) is 9.27. The number of para-hydroxylation sites is 2. The van der Waals surface area contributed by atoms with E-state index in [9.17, 15) is 4.79 Å². The number of methoxy groups -OCH3 is 1. The molecule has 1 N–H and O–H groups in total. The summed E-state index contributed by atoms with van der Waals surface area (Å²) in [5, 5.41) is 7.03. The van der Waals surface area contributed by atoms with Crippen molar-refractivity contribution in [2.24, 2.45) is 0 Å². The lowest BCUT2D eigenvalue weighted by Crippen LogP contribution is -2.34. The van der Waals surface area contributed by atoms with Crippen molar-refractivity contribution in [3.05, 3.63) is 60.0 Å². The van der Waals surface area contributed by atoms with E-state index in [2.05, 4.69) is 15.5 Å². The Labute approximate surface area is 163 Å². The first kappa shape index (κ1) is 18.0. The van der Waals surface area contributed by atoms with Crippen LogP contribution in [0.25, 0.3) is 11.4 Å². The molecule has 0 bridgehead atoms. The molecule has 1 atom stereocenters. The van der Waals surface area contributed by atoms with Crippen LogP contribution in [0.1, 0.15) is 30.3 Å². The third kappa shape index (κ3) is 3.55. The lowest BCUT2D eigenvalue weighted by molar-refractivity contribution is 0.193. The lowest BCUT2D eigenvalue weighted by Gasteiger charge is -2.22. The minimum absolute atomic E-state index is 0.206. The first-order valence-electron chi connectivity index (χ1n) is 9.27. The number of rotatable bonds is 4. The number of hydrogen-bond acceptors (Lipinski definition) is 5. The SMILES string of the molecule is COc1ccccc1NC(=O)N1CCC[C@@H]1c1nc(-c2cccc(C)c2)no1. The zero-order chi connectivity index (χ0) is 19.5. The third-order valence-electron chi connectivity index (χ3n) is 4.87. The molecule has 4 rings (SSSR count). The van der Waals surface area contributed by atoms with Gasteiger partial charge in [-0.05, 0) is 38.0 Å². The van der Waals surface area contributed by atoms with Crippen molar-refractivity contribution in [1.82, 2.24) is 15.0 Å². The maximum Gasteiger partial charge on any atom is 0.322 e. The van der Waals surface area contributed by atoms with E-state index in [0.29, 0.717) is 29.7 Å². The van der Waals surface area contributed by atoms with Gasteiger partial charge in [0, 0.05) is 12.1 Å². The number of carbonyl (C=O) groups is 1. The number of ether oxygens (including phenoxy) is 1. The third-order valence-corrected chi connectivity index (χ3v) is 4.87. The van der Waals surface area contributed by atoms with Crippen LogP contribution in [0.4, 0.5) is 10.5 Å². The Bertz CT molecular complexity index is 985. The zero-order valence-corrected chi connectivity index (χ0v) is 15.9. The van der Waals surface area contributed by atoms with Gasteiger partial charge in [0.25, 0.3) is 0 Å². The van der Waals surface area contributed by atoms with Gasteiger partial charge < -0.3 is 19.5 Å². The van der Waals surface area contributed by atoms with E-state index in [1.165, 1.54) is 0 Å². The van der Waals surface area contributed by atoms with Gasteiger partial charge in [0.2, 0.25) is 11.7 Å². The molecule has 28 heavy (non-hydrogen) atoms. The van der Waals surface area contributed by atoms with Crippen molar-refractivity contribution in [1.29, 1.82) is 0 Å². The summed E-state index contributed by atoms with van der Waals surface area (Å²) in [6.45, 7) is 2.65. The van der Waals surface area contributed by atoms with Crippen LogP contribution in [0.5, 0.6) is 5.75 Å². The summed E-state index contributed by atoms with van der Waals surface area (Å²) >= 11 is 0. The van der Waals surface area contributed by atoms with Crippen molar-refractivity contribution in [2.45, 2.75) is 25.8 Å². The lowest BCUT2D eigenvalue weighted by atomic mass is 10.1. The summed E-state index contributed by atoms with van der Waals surface area (Å²) in [4.78, 5) is 19.1. The molecule has 1 saturated heterocycles. The van der Waals surface area contributed by atoms with E-state index in [1.54, 1.807) is 12.0 Å². The summed E-state index contributed by atoms with van der Waals surface area (Å²) in [5.41, 5.74) is 2.66. The summed E-state index contributed by atoms with van der Waals surface area (Å²) in [7, 11) is 1.58. The number of anilines is 1. The van der Waals surface area contributed by atoms with Crippen LogP contribution in [-0.2, 0) is 0 Å². The number of amides is 2. The minimum Gasteiger partial charge on any atom is -0.495 e. The summed E-state index contributed by atoms with van der Waals surface area (Å²) in [6, 6.07) is 14.8. The number of carbonyl (C=O) groups excluding carboxylic acids is 1. The van der Waals surface area contributed by atoms with Gasteiger partial charge in [-0.2, -0.15) is 4.98 Å². The average molecular weight is 378 g/mol. The van der Waals surface area contributed by atoms with Gasteiger partial charge in [0.15, 0.2) is 0 Å². The Morgan fingerprint density at radius 2 is 2.11 bits per heavy atom. The fourth-order valence-electron chi connectivity index (χ4n) is 3.47. The number of aromatic nitrogens is 2. The maximum absolute atomic E-state index is 12.9. The molecule has 144 valence electrons. The number of nitrogens with one attached hydrogen (secondary N) is 1. The van der Waals surface area contributed by atoms with Gasteiger partial charge in [-0.1, -0.05) is 41.1 Å². The van der Waals surface area contributed by atoms with E-state index in [1.807, 2.05) is 55.5 Å². The van der Waals surface area contributed by atoms with Crippen LogP contribution in [-0.4, -0.2) is 34.7 Å². The molecule has 2 heterocycles. The number of benzene rings is 2. The predicted molar refractivity (Wildman–Crippen MR) is 105 cm³/mol. The normalized spacial score (nSPS) is 16.2. The van der Waals surface area contributed by atoms with Crippen LogP contribution in [0, 0.1) is 6.92 Å². The molecule has 1 aromatic heterocycles. The average Bonchev–Trinajstić information content (AvgIpc) is 3.38. The highest BCUT2D eigenvalue weighted by molar-refractivity contribution is 5.91. The second-order valence-corrected chi connectivity index (χ2v) is 6.81. The molecule has 0 aliphatic carbocycles. The van der Waals surface area contributed by atoms with E-state index in [4.69, 9.17) is 9.26 Å². The molecule has 0 saturated carbocycles. The van der Waals surface area contributed by atoms with Gasteiger partial charge in [0.1, 0.15) is 11.8 Å². The molecule has 2 amide bonds. The van der Waals surface area contributed by atoms with Gasteiger partial charge in [-0.25, -0.2) is 4.79 Å². The molecule has 3 aromatic rings. The zero-order valence-electron chi connectivity index (χ0n) is 15.9. The highest BCUT2D eigenvalue weighted by Crippen LogP contribution is 2.33. The molecule has 2 aromatic carbocycles.